The molecule has 0 atom stereocenters. The first-order valence-electron chi connectivity index (χ1n) is 14.1. The predicted octanol–water partition coefficient (Wildman–Crippen LogP) is 6.63. The van der Waals surface area contributed by atoms with Gasteiger partial charge in [0.1, 0.15) is 35.5 Å². The average molecular weight is 607 g/mol. The highest BCUT2D eigenvalue weighted by Crippen LogP contribution is 2.46. The van der Waals surface area contributed by atoms with E-state index in [4.69, 9.17) is 38.2 Å². The van der Waals surface area contributed by atoms with Gasteiger partial charge in [0.15, 0.2) is 0 Å². The first-order valence-corrected chi connectivity index (χ1v) is 14.9. The Labute approximate surface area is 255 Å². The molecule has 0 amide bonds. The number of rotatable bonds is 8. The number of aliphatic imine (C=N–C) groups is 1. The van der Waals surface area contributed by atoms with Crippen molar-refractivity contribution in [3.05, 3.63) is 92.8 Å². The van der Waals surface area contributed by atoms with Gasteiger partial charge in [-0.15, -0.1) is 0 Å². The van der Waals surface area contributed by atoms with Gasteiger partial charge in [0.25, 0.3) is 0 Å². The minimum atomic E-state index is -1.06. The molecule has 2 aromatic heterocycles. The van der Waals surface area contributed by atoms with Crippen LogP contribution in [-0.2, 0) is 12.2 Å². The number of pyridine rings is 1. The third-order valence-electron chi connectivity index (χ3n) is 8.25. The Morgan fingerprint density at radius 1 is 1.14 bits per heavy atom. The number of halogens is 2. The van der Waals surface area contributed by atoms with Gasteiger partial charge in [0, 0.05) is 48.9 Å². The summed E-state index contributed by atoms with van der Waals surface area (Å²) in [6, 6.07) is 15.0. The lowest BCUT2D eigenvalue weighted by molar-refractivity contribution is 0.0117. The minimum Gasteiger partial charge on any atom is -0.489 e. The summed E-state index contributed by atoms with van der Waals surface area (Å²) in [6.07, 6.45) is 4.87. The van der Waals surface area contributed by atoms with Gasteiger partial charge in [0.05, 0.1) is 21.2 Å². The zero-order valence-electron chi connectivity index (χ0n) is 23.6. The third kappa shape index (κ3) is 5.59. The largest absolute Gasteiger partial charge is 0.489 e. The first-order chi connectivity index (χ1) is 20.3. The van der Waals surface area contributed by atoms with E-state index in [1.807, 2.05) is 49.4 Å². The second-order valence-corrected chi connectivity index (χ2v) is 11.9. The zero-order valence-corrected chi connectivity index (χ0v) is 25.1. The summed E-state index contributed by atoms with van der Waals surface area (Å²) in [4.78, 5) is 10.7. The van der Waals surface area contributed by atoms with Gasteiger partial charge < -0.3 is 25.0 Å². The zero-order chi connectivity index (χ0) is 29.4. The van der Waals surface area contributed by atoms with Crippen LogP contribution in [0.4, 0.5) is 5.82 Å². The van der Waals surface area contributed by atoms with Crippen molar-refractivity contribution in [2.24, 2.45) is 10.7 Å². The van der Waals surface area contributed by atoms with Crippen LogP contribution >= 0.6 is 23.2 Å². The van der Waals surface area contributed by atoms with E-state index in [9.17, 15) is 5.11 Å². The summed E-state index contributed by atoms with van der Waals surface area (Å²) >= 11 is 13.3. The quantitative estimate of drug-likeness (QED) is 0.171. The van der Waals surface area contributed by atoms with E-state index in [1.165, 1.54) is 0 Å². The molecule has 4 aromatic rings. The molecule has 2 aromatic carbocycles. The molecule has 8 nitrogen and oxygen atoms in total. The van der Waals surface area contributed by atoms with Crippen molar-refractivity contribution in [3.8, 4) is 17.0 Å². The van der Waals surface area contributed by atoms with Crippen molar-refractivity contribution in [2.45, 2.75) is 50.7 Å². The Kier molecular flexibility index (Phi) is 7.87. The lowest BCUT2D eigenvalue weighted by atomic mass is 9.84. The molecule has 1 saturated carbocycles. The van der Waals surface area contributed by atoms with Gasteiger partial charge >= 0.3 is 0 Å². The molecule has 3 heterocycles. The second-order valence-electron chi connectivity index (χ2n) is 11.0. The number of nitrogens with two attached hydrogens (primary N) is 1. The molecule has 218 valence electrons. The first kappa shape index (κ1) is 28.5. The van der Waals surface area contributed by atoms with Crippen LogP contribution in [0.15, 0.2) is 64.2 Å². The van der Waals surface area contributed by atoms with Crippen LogP contribution in [0.5, 0.6) is 5.75 Å². The van der Waals surface area contributed by atoms with Crippen LogP contribution in [-0.4, -0.2) is 41.2 Å². The fourth-order valence-electron chi connectivity index (χ4n) is 5.63. The van der Waals surface area contributed by atoms with Crippen LogP contribution in [0.2, 0.25) is 10.0 Å². The molecule has 0 unspecified atom stereocenters. The monoisotopic (exact) mass is 605 g/mol. The Bertz CT molecular complexity index is 1620. The summed E-state index contributed by atoms with van der Waals surface area (Å²) in [5.74, 6) is 3.09. The molecule has 2 fully saturated rings. The fraction of sp³-hybridized carbons (Fsp3) is 0.344. The van der Waals surface area contributed by atoms with E-state index in [-0.39, 0.29) is 6.61 Å². The summed E-state index contributed by atoms with van der Waals surface area (Å²) in [5.41, 5.74) is 9.95. The highest BCUT2D eigenvalue weighted by Gasteiger charge is 2.37. The van der Waals surface area contributed by atoms with Gasteiger partial charge in [0.2, 0.25) is 0 Å². The molecule has 1 saturated heterocycles. The smallest absolute Gasteiger partial charge is 0.147 e. The number of piperidine rings is 1. The van der Waals surface area contributed by atoms with Gasteiger partial charge in [-0.2, -0.15) is 0 Å². The number of hydrogen-bond donors (Lipinski definition) is 2. The van der Waals surface area contributed by atoms with E-state index in [0.717, 1.165) is 46.7 Å². The number of hydrogen-bond acceptors (Lipinski definition) is 7. The molecule has 2 aliphatic rings. The minimum absolute atomic E-state index is 0.267. The predicted molar refractivity (Wildman–Crippen MR) is 166 cm³/mol. The van der Waals surface area contributed by atoms with Crippen LogP contribution in [0, 0.1) is 6.92 Å². The van der Waals surface area contributed by atoms with E-state index in [0.29, 0.717) is 64.7 Å². The van der Waals surface area contributed by atoms with E-state index >= 15 is 0 Å². The maximum atomic E-state index is 11.6. The Hall–Kier alpha value is -3.59. The summed E-state index contributed by atoms with van der Waals surface area (Å²) < 4.78 is 12.0. The second kappa shape index (κ2) is 11.6. The maximum Gasteiger partial charge on any atom is 0.147 e. The van der Waals surface area contributed by atoms with Gasteiger partial charge in [-0.05, 0) is 68.5 Å². The number of amidine groups is 1. The van der Waals surface area contributed by atoms with Gasteiger partial charge in [-0.1, -0.05) is 46.6 Å². The van der Waals surface area contributed by atoms with Crippen molar-refractivity contribution in [2.75, 3.05) is 25.0 Å². The number of aromatic nitrogens is 2. The molecule has 3 N–H and O–H groups in total. The Balaban J connectivity index is 1.17. The van der Waals surface area contributed by atoms with Gasteiger partial charge in [-0.3, -0.25) is 4.99 Å². The third-order valence-corrected chi connectivity index (χ3v) is 8.87. The maximum absolute atomic E-state index is 11.6. The number of benzene rings is 2. The molecule has 1 aliphatic carbocycles. The molecule has 42 heavy (non-hydrogen) atoms. The lowest BCUT2D eigenvalue weighted by Gasteiger charge is -2.39. The fourth-order valence-corrected chi connectivity index (χ4v) is 6.29. The summed E-state index contributed by atoms with van der Waals surface area (Å²) in [6.45, 7) is 3.51. The molecule has 0 radical (unpaired) electrons. The Morgan fingerprint density at radius 2 is 1.93 bits per heavy atom. The molecule has 6 rings (SSSR count). The molecule has 0 bridgehead atoms. The SMILES string of the molecule is C/N=C(\N)c1ccnc(N2CCC(O)(c3ccc(OCc4c(-c5c(C)cccc5Cl)noc4C4CC4)cc3Cl)CC2)c1. The van der Waals surface area contributed by atoms with E-state index in [2.05, 4.69) is 20.0 Å². The van der Waals surface area contributed by atoms with E-state index in [1.54, 1.807) is 19.3 Å². The van der Waals surface area contributed by atoms with Crippen LogP contribution in [0.25, 0.3) is 11.3 Å². The number of ether oxygens (including phenoxy) is 1. The molecular weight excluding hydrogens is 573 g/mol. The number of aliphatic hydroxyl groups is 1. The van der Waals surface area contributed by atoms with Crippen LogP contribution in [0.3, 0.4) is 0 Å². The number of nitrogens with zero attached hydrogens (tertiary/aromatic N) is 4. The van der Waals surface area contributed by atoms with Gasteiger partial charge in [-0.25, -0.2) is 4.98 Å². The van der Waals surface area contributed by atoms with E-state index < -0.39 is 5.60 Å². The molecule has 1 aliphatic heterocycles. The molecular formula is C32H33Cl2N5O3. The summed E-state index contributed by atoms with van der Waals surface area (Å²) in [7, 11) is 1.66. The average Bonchev–Trinajstić information content (AvgIpc) is 3.76. The van der Waals surface area contributed by atoms with Crippen molar-refractivity contribution in [1.29, 1.82) is 0 Å². The van der Waals surface area contributed by atoms with Crippen molar-refractivity contribution in [3.63, 3.8) is 0 Å². The molecule has 10 heteroatoms. The number of anilines is 1. The normalized spacial score (nSPS) is 17.0. The standard InChI is InChI=1S/C32H33Cl2N5O3/c1-19-4-3-5-25(33)28(19)29-23(30(42-38-29)20-6-7-20)18-41-22-8-9-24(26(34)17-22)32(40)11-14-39(15-12-32)27-16-21(10-13-37-27)31(35)36-2/h3-5,8-10,13,16-17,20,40H,6-7,11-12,14-15,18H2,1-2H3,(H2,35,36). The van der Waals surface area contributed by atoms with Crippen molar-refractivity contribution in [1.82, 2.24) is 10.1 Å². The number of aryl methyl sites for hydroxylation is 1. The Morgan fingerprint density at radius 3 is 2.62 bits per heavy atom. The lowest BCUT2D eigenvalue weighted by Crippen LogP contribution is -2.43. The van der Waals surface area contributed by atoms with Crippen molar-refractivity contribution >= 4 is 34.9 Å². The molecule has 0 spiro atoms. The highest BCUT2D eigenvalue weighted by atomic mass is 35.5. The topological polar surface area (TPSA) is 110 Å². The highest BCUT2D eigenvalue weighted by molar-refractivity contribution is 6.33. The summed E-state index contributed by atoms with van der Waals surface area (Å²) in [5, 5.41) is 17.1. The van der Waals surface area contributed by atoms with Crippen LogP contribution in [0.1, 0.15) is 59.6 Å². The van der Waals surface area contributed by atoms with Crippen LogP contribution < -0.4 is 15.4 Å². The van der Waals surface area contributed by atoms with Crippen molar-refractivity contribution < 1.29 is 14.4 Å².